The van der Waals surface area contributed by atoms with Gasteiger partial charge in [0, 0.05) is 25.4 Å². The molecule has 2 rings (SSSR count). The molecule has 0 unspecified atom stereocenters. The molecule has 0 aliphatic carbocycles. The molecule has 1 aromatic heterocycles. The Balaban J connectivity index is 2.11. The summed E-state index contributed by atoms with van der Waals surface area (Å²) in [6.45, 7) is 2.25. The maximum absolute atomic E-state index is 13.6. The van der Waals surface area contributed by atoms with Crippen molar-refractivity contribution in [3.8, 4) is 6.07 Å². The molecule has 5 heteroatoms. The first-order chi connectivity index (χ1) is 8.60. The van der Waals surface area contributed by atoms with Crippen LogP contribution in [0.25, 0.3) is 0 Å². The van der Waals surface area contributed by atoms with Crippen LogP contribution in [-0.4, -0.2) is 9.78 Å². The average molecular weight is 244 g/mol. The van der Waals surface area contributed by atoms with E-state index in [1.165, 1.54) is 6.07 Å². The topological polar surface area (TPSA) is 53.6 Å². The van der Waals surface area contributed by atoms with Gasteiger partial charge in [-0.15, -0.1) is 0 Å². The number of anilines is 1. The first-order valence-corrected chi connectivity index (χ1v) is 5.53. The Kier molecular flexibility index (Phi) is 3.28. The summed E-state index contributed by atoms with van der Waals surface area (Å²) < 4.78 is 15.3. The summed E-state index contributed by atoms with van der Waals surface area (Å²) in [5.74, 6) is -0.372. The van der Waals surface area contributed by atoms with E-state index < -0.39 is 0 Å². The quantitative estimate of drug-likeness (QED) is 0.901. The first kappa shape index (κ1) is 12.1. The second kappa shape index (κ2) is 4.88. The van der Waals surface area contributed by atoms with Gasteiger partial charge in [0.15, 0.2) is 0 Å². The van der Waals surface area contributed by atoms with Crippen LogP contribution in [0.4, 0.5) is 10.1 Å². The van der Waals surface area contributed by atoms with E-state index in [-0.39, 0.29) is 5.82 Å². The Labute approximate surface area is 105 Å². The van der Waals surface area contributed by atoms with Gasteiger partial charge in [-0.05, 0) is 19.1 Å². The number of aromatic nitrogens is 2. The third kappa shape index (κ3) is 2.48. The van der Waals surface area contributed by atoms with E-state index in [9.17, 15) is 4.39 Å². The number of hydrogen-bond acceptors (Lipinski definition) is 3. The van der Waals surface area contributed by atoms with E-state index in [0.29, 0.717) is 17.7 Å². The summed E-state index contributed by atoms with van der Waals surface area (Å²) in [6.07, 6.45) is 1.84. The van der Waals surface area contributed by atoms with E-state index in [0.717, 1.165) is 11.4 Å². The summed E-state index contributed by atoms with van der Waals surface area (Å²) in [5, 5.41) is 16.0. The molecule has 0 fully saturated rings. The number of nitrogens with zero attached hydrogens (tertiary/aromatic N) is 3. The molecule has 0 aliphatic heterocycles. The number of halogens is 1. The van der Waals surface area contributed by atoms with Crippen LogP contribution in [0.5, 0.6) is 0 Å². The Morgan fingerprint density at radius 3 is 2.83 bits per heavy atom. The largest absolute Gasteiger partial charge is 0.378 e. The minimum Gasteiger partial charge on any atom is -0.378 e. The van der Waals surface area contributed by atoms with Crippen LogP contribution in [0, 0.1) is 24.1 Å². The monoisotopic (exact) mass is 244 g/mol. The standard InChI is InChI=1S/C13H13FN4/c1-9-13(8-18(2)17-9)16-7-11-4-3-10(6-15)5-12(11)14/h3-5,8,16H,7H2,1-2H3. The summed E-state index contributed by atoms with van der Waals surface area (Å²) in [6, 6.07) is 6.38. The van der Waals surface area contributed by atoms with Crippen molar-refractivity contribution in [2.45, 2.75) is 13.5 Å². The van der Waals surface area contributed by atoms with Crippen molar-refractivity contribution < 1.29 is 4.39 Å². The fraction of sp³-hybridized carbons (Fsp3) is 0.231. The normalized spacial score (nSPS) is 10.1. The molecule has 1 aromatic carbocycles. The van der Waals surface area contributed by atoms with Gasteiger partial charge in [0.2, 0.25) is 0 Å². The van der Waals surface area contributed by atoms with Gasteiger partial charge in [-0.25, -0.2) is 4.39 Å². The van der Waals surface area contributed by atoms with Crippen LogP contribution >= 0.6 is 0 Å². The molecule has 0 bridgehead atoms. The molecule has 0 saturated carbocycles. The number of benzene rings is 1. The second-order valence-corrected chi connectivity index (χ2v) is 4.07. The first-order valence-electron chi connectivity index (χ1n) is 5.53. The summed E-state index contributed by atoms with van der Waals surface area (Å²) in [7, 11) is 1.83. The van der Waals surface area contributed by atoms with Gasteiger partial charge in [0.05, 0.1) is 23.0 Å². The van der Waals surface area contributed by atoms with Crippen LogP contribution in [0.3, 0.4) is 0 Å². The Morgan fingerprint density at radius 2 is 2.28 bits per heavy atom. The molecule has 2 aromatic rings. The van der Waals surface area contributed by atoms with E-state index in [1.807, 2.05) is 26.2 Å². The zero-order chi connectivity index (χ0) is 13.1. The zero-order valence-corrected chi connectivity index (χ0v) is 10.2. The lowest BCUT2D eigenvalue weighted by Crippen LogP contribution is -2.02. The van der Waals surface area contributed by atoms with Gasteiger partial charge in [-0.1, -0.05) is 6.07 Å². The third-order valence-electron chi connectivity index (χ3n) is 2.66. The Hall–Kier alpha value is -2.35. The molecule has 0 radical (unpaired) electrons. The predicted octanol–water partition coefficient (Wildman–Crippen LogP) is 2.35. The number of nitrogens with one attached hydrogen (secondary N) is 1. The van der Waals surface area contributed by atoms with Crippen LogP contribution in [0.1, 0.15) is 16.8 Å². The second-order valence-electron chi connectivity index (χ2n) is 4.07. The molecule has 0 spiro atoms. The molecule has 0 atom stereocenters. The summed E-state index contributed by atoms with van der Waals surface area (Å²) in [5.41, 5.74) is 2.60. The van der Waals surface area contributed by atoms with Crippen molar-refractivity contribution in [2.75, 3.05) is 5.32 Å². The molecule has 4 nitrogen and oxygen atoms in total. The number of nitriles is 1. The lowest BCUT2D eigenvalue weighted by Gasteiger charge is -2.06. The number of aryl methyl sites for hydroxylation is 2. The highest BCUT2D eigenvalue weighted by molar-refractivity contribution is 5.46. The lowest BCUT2D eigenvalue weighted by molar-refractivity contribution is 0.612. The van der Waals surface area contributed by atoms with E-state index in [1.54, 1.807) is 16.8 Å². The lowest BCUT2D eigenvalue weighted by atomic mass is 10.1. The number of rotatable bonds is 3. The fourth-order valence-electron chi connectivity index (χ4n) is 1.72. The van der Waals surface area contributed by atoms with Gasteiger partial charge >= 0.3 is 0 Å². The smallest absolute Gasteiger partial charge is 0.129 e. The van der Waals surface area contributed by atoms with Crippen molar-refractivity contribution in [3.63, 3.8) is 0 Å². The summed E-state index contributed by atoms with van der Waals surface area (Å²) >= 11 is 0. The molecule has 0 aliphatic rings. The van der Waals surface area contributed by atoms with Gasteiger partial charge in [-0.3, -0.25) is 4.68 Å². The van der Waals surface area contributed by atoms with Crippen molar-refractivity contribution in [2.24, 2.45) is 7.05 Å². The summed E-state index contributed by atoms with van der Waals surface area (Å²) in [4.78, 5) is 0. The van der Waals surface area contributed by atoms with Crippen molar-refractivity contribution in [3.05, 3.63) is 47.0 Å². The van der Waals surface area contributed by atoms with Crippen LogP contribution < -0.4 is 5.32 Å². The molecule has 18 heavy (non-hydrogen) atoms. The van der Waals surface area contributed by atoms with E-state index in [4.69, 9.17) is 5.26 Å². The van der Waals surface area contributed by atoms with Gasteiger partial charge in [-0.2, -0.15) is 10.4 Å². The highest BCUT2D eigenvalue weighted by atomic mass is 19.1. The third-order valence-corrected chi connectivity index (χ3v) is 2.66. The van der Waals surface area contributed by atoms with E-state index >= 15 is 0 Å². The van der Waals surface area contributed by atoms with Gasteiger partial charge in [0.25, 0.3) is 0 Å². The van der Waals surface area contributed by atoms with E-state index in [2.05, 4.69) is 10.4 Å². The molecule has 0 amide bonds. The molecule has 0 saturated heterocycles. The zero-order valence-electron chi connectivity index (χ0n) is 10.2. The molecular weight excluding hydrogens is 231 g/mol. The van der Waals surface area contributed by atoms with Gasteiger partial charge < -0.3 is 5.32 Å². The maximum atomic E-state index is 13.6. The van der Waals surface area contributed by atoms with Gasteiger partial charge in [0.1, 0.15) is 5.82 Å². The molecular formula is C13H13FN4. The fourth-order valence-corrected chi connectivity index (χ4v) is 1.72. The minimum absolute atomic E-state index is 0.328. The van der Waals surface area contributed by atoms with Crippen LogP contribution in [-0.2, 0) is 13.6 Å². The molecule has 1 N–H and O–H groups in total. The highest BCUT2D eigenvalue weighted by Gasteiger charge is 2.06. The maximum Gasteiger partial charge on any atom is 0.129 e. The molecule has 1 heterocycles. The Bertz CT molecular complexity index is 610. The average Bonchev–Trinajstić information content (AvgIpc) is 2.66. The SMILES string of the molecule is Cc1nn(C)cc1NCc1ccc(C#N)cc1F. The van der Waals surface area contributed by atoms with Crippen LogP contribution in [0.15, 0.2) is 24.4 Å². The van der Waals surface area contributed by atoms with Crippen molar-refractivity contribution in [1.82, 2.24) is 9.78 Å². The van der Waals surface area contributed by atoms with Crippen molar-refractivity contribution in [1.29, 1.82) is 5.26 Å². The van der Waals surface area contributed by atoms with Crippen LogP contribution in [0.2, 0.25) is 0 Å². The highest BCUT2D eigenvalue weighted by Crippen LogP contribution is 2.15. The predicted molar refractivity (Wildman–Crippen MR) is 66.4 cm³/mol. The molecule has 92 valence electrons. The Morgan fingerprint density at radius 1 is 1.50 bits per heavy atom. The van der Waals surface area contributed by atoms with Crippen molar-refractivity contribution >= 4 is 5.69 Å². The number of hydrogen-bond donors (Lipinski definition) is 1. The minimum atomic E-state index is -0.372.